The lowest BCUT2D eigenvalue weighted by molar-refractivity contribution is -0.148. The van der Waals surface area contributed by atoms with Crippen LogP contribution in [0.3, 0.4) is 0 Å². The molecule has 2 rings (SSSR count). The van der Waals surface area contributed by atoms with Gasteiger partial charge in [-0.3, -0.25) is 9.59 Å². The number of sulfonamides is 1. The average Bonchev–Trinajstić information content (AvgIpc) is 2.73. The van der Waals surface area contributed by atoms with Crippen LogP contribution in [0.25, 0.3) is 0 Å². The monoisotopic (exact) mass is 455 g/mol. The van der Waals surface area contributed by atoms with Gasteiger partial charge in [-0.25, -0.2) is 13.1 Å². The van der Waals surface area contributed by atoms with Crippen molar-refractivity contribution in [1.82, 2.24) is 4.72 Å². The maximum absolute atomic E-state index is 13.2. The average molecular weight is 456 g/mol. The fourth-order valence-corrected chi connectivity index (χ4v) is 5.03. The van der Waals surface area contributed by atoms with E-state index in [9.17, 15) is 18.0 Å². The number of nitrogens with zero attached hydrogens (tertiary/aromatic N) is 1. The van der Waals surface area contributed by atoms with Gasteiger partial charge in [0, 0.05) is 31.9 Å². The van der Waals surface area contributed by atoms with Crippen LogP contribution in [0.4, 0.5) is 11.4 Å². The number of carbonyl (C=O) groups excluding carboxylic acids is 2. The van der Waals surface area contributed by atoms with Crippen molar-refractivity contribution in [3.63, 3.8) is 0 Å². The number of nitrogens with one attached hydrogen (secondary N) is 2. The molecule has 0 aromatic heterocycles. The van der Waals surface area contributed by atoms with Crippen molar-refractivity contribution in [2.24, 2.45) is 5.92 Å². The van der Waals surface area contributed by atoms with Crippen molar-refractivity contribution in [2.45, 2.75) is 51.0 Å². The van der Waals surface area contributed by atoms with Gasteiger partial charge >= 0.3 is 5.97 Å². The molecule has 10 heteroatoms. The molecule has 9 nitrogen and oxygen atoms in total. The third-order valence-electron chi connectivity index (χ3n) is 5.16. The maximum atomic E-state index is 13.2. The van der Waals surface area contributed by atoms with Crippen molar-refractivity contribution in [2.75, 3.05) is 43.6 Å². The highest BCUT2D eigenvalue weighted by Crippen LogP contribution is 2.32. The molecule has 1 aromatic carbocycles. The second kappa shape index (κ2) is 11.4. The van der Waals surface area contributed by atoms with E-state index in [1.54, 1.807) is 26.0 Å². The Morgan fingerprint density at radius 1 is 1.29 bits per heavy atom. The molecule has 1 heterocycles. The van der Waals surface area contributed by atoms with E-state index >= 15 is 0 Å². The molecule has 31 heavy (non-hydrogen) atoms. The fourth-order valence-electron chi connectivity index (χ4n) is 3.46. The molecule has 2 N–H and O–H groups in total. The summed E-state index contributed by atoms with van der Waals surface area (Å²) in [4.78, 5) is 26.1. The number of ether oxygens (including phenoxy) is 2. The van der Waals surface area contributed by atoms with Crippen molar-refractivity contribution >= 4 is 33.3 Å². The van der Waals surface area contributed by atoms with Crippen molar-refractivity contribution in [3.8, 4) is 0 Å². The molecule has 174 valence electrons. The summed E-state index contributed by atoms with van der Waals surface area (Å²) in [5.41, 5.74) is 0.851. The SMILES string of the molecule is CCOC(=O)[C@@H]1CCCN(c2ccc(NC(=O)COC)cc2S(=O)(=O)N[C@H](C)CC)C1. The topological polar surface area (TPSA) is 114 Å². The van der Waals surface area contributed by atoms with Gasteiger partial charge in [-0.2, -0.15) is 0 Å². The summed E-state index contributed by atoms with van der Waals surface area (Å²) >= 11 is 0. The third-order valence-corrected chi connectivity index (χ3v) is 6.78. The predicted molar refractivity (Wildman–Crippen MR) is 119 cm³/mol. The van der Waals surface area contributed by atoms with Crippen molar-refractivity contribution < 1.29 is 27.5 Å². The summed E-state index contributed by atoms with van der Waals surface area (Å²) in [7, 11) is -2.45. The Hall–Kier alpha value is -2.17. The minimum atomic E-state index is -3.86. The molecule has 0 unspecified atom stereocenters. The smallest absolute Gasteiger partial charge is 0.310 e. The molecule has 1 aromatic rings. The Morgan fingerprint density at radius 3 is 2.68 bits per heavy atom. The standard InChI is InChI=1S/C21H33N3O6S/c1-5-15(3)23-31(27,28)19-12-17(22-20(25)14-29-4)9-10-18(19)24-11-7-8-16(13-24)21(26)30-6-2/h9-10,12,15-16,23H,5-8,11,13-14H2,1-4H3,(H,22,25)/t15-,16-/m1/s1. The molecular weight excluding hydrogens is 422 g/mol. The number of carbonyl (C=O) groups is 2. The van der Waals surface area contributed by atoms with E-state index in [0.717, 1.165) is 6.42 Å². The largest absolute Gasteiger partial charge is 0.466 e. The summed E-state index contributed by atoms with van der Waals surface area (Å²) < 4.78 is 39.0. The van der Waals surface area contributed by atoms with E-state index in [-0.39, 0.29) is 35.3 Å². The van der Waals surface area contributed by atoms with E-state index in [1.165, 1.54) is 13.2 Å². The summed E-state index contributed by atoms with van der Waals surface area (Å²) in [5, 5.41) is 2.65. The van der Waals surface area contributed by atoms with Gasteiger partial charge in [-0.05, 0) is 51.3 Å². The zero-order valence-corrected chi connectivity index (χ0v) is 19.5. The van der Waals surface area contributed by atoms with E-state index in [1.807, 2.05) is 11.8 Å². The van der Waals surface area contributed by atoms with E-state index in [0.29, 0.717) is 43.9 Å². The Kier molecular flexibility index (Phi) is 9.27. The maximum Gasteiger partial charge on any atom is 0.310 e. The van der Waals surface area contributed by atoms with Crippen LogP contribution < -0.4 is 14.9 Å². The Bertz CT molecular complexity index is 874. The zero-order valence-electron chi connectivity index (χ0n) is 18.6. The number of amides is 1. The van der Waals surface area contributed by atoms with Gasteiger partial charge in [0.05, 0.1) is 18.2 Å². The summed E-state index contributed by atoms with van der Waals surface area (Å²) in [6.45, 7) is 6.62. The number of esters is 1. The summed E-state index contributed by atoms with van der Waals surface area (Å²) in [6, 6.07) is 4.51. The predicted octanol–water partition coefficient (Wildman–Crippen LogP) is 2.13. The molecule has 0 saturated carbocycles. The lowest BCUT2D eigenvalue weighted by atomic mass is 9.97. The highest BCUT2D eigenvalue weighted by Gasteiger charge is 2.31. The van der Waals surface area contributed by atoms with Gasteiger partial charge in [-0.1, -0.05) is 6.92 Å². The van der Waals surface area contributed by atoms with Crippen LogP contribution in [-0.2, 0) is 29.1 Å². The van der Waals surface area contributed by atoms with Gasteiger partial charge in [0.2, 0.25) is 15.9 Å². The molecule has 0 bridgehead atoms. The molecule has 0 radical (unpaired) electrons. The Morgan fingerprint density at radius 2 is 2.03 bits per heavy atom. The van der Waals surface area contributed by atoms with Gasteiger partial charge in [-0.15, -0.1) is 0 Å². The van der Waals surface area contributed by atoms with Gasteiger partial charge < -0.3 is 19.7 Å². The number of piperidine rings is 1. The number of anilines is 2. The first-order valence-corrected chi connectivity index (χ1v) is 12.1. The van der Waals surface area contributed by atoms with Crippen molar-refractivity contribution in [1.29, 1.82) is 0 Å². The molecule has 0 spiro atoms. The van der Waals surface area contributed by atoms with Gasteiger partial charge in [0.1, 0.15) is 11.5 Å². The molecule has 1 aliphatic heterocycles. The third kappa shape index (κ3) is 6.91. The minimum Gasteiger partial charge on any atom is -0.466 e. The van der Waals surface area contributed by atoms with E-state index in [4.69, 9.17) is 9.47 Å². The molecular formula is C21H33N3O6S. The summed E-state index contributed by atoms with van der Waals surface area (Å²) in [6.07, 6.45) is 2.08. The number of methoxy groups -OCH3 is 1. The van der Waals surface area contributed by atoms with E-state index in [2.05, 4.69) is 10.0 Å². The molecule has 1 saturated heterocycles. The first kappa shape index (κ1) is 25.1. The molecule has 1 amide bonds. The highest BCUT2D eigenvalue weighted by molar-refractivity contribution is 7.89. The van der Waals surface area contributed by atoms with Crippen LogP contribution in [0.2, 0.25) is 0 Å². The fraction of sp³-hybridized carbons (Fsp3) is 0.619. The molecule has 0 aliphatic carbocycles. The lowest BCUT2D eigenvalue weighted by Gasteiger charge is -2.34. The second-order valence-electron chi connectivity index (χ2n) is 7.63. The minimum absolute atomic E-state index is 0.0625. The number of rotatable bonds is 10. The lowest BCUT2D eigenvalue weighted by Crippen LogP contribution is -2.41. The highest BCUT2D eigenvalue weighted by atomic mass is 32.2. The molecule has 2 atom stereocenters. The van der Waals surface area contributed by atoms with Crippen molar-refractivity contribution in [3.05, 3.63) is 18.2 Å². The van der Waals surface area contributed by atoms with Gasteiger partial charge in [0.25, 0.3) is 0 Å². The number of benzene rings is 1. The normalized spacial score (nSPS) is 17.8. The molecule has 1 fully saturated rings. The first-order valence-electron chi connectivity index (χ1n) is 10.6. The van der Waals surface area contributed by atoms with Crippen LogP contribution in [0, 0.1) is 5.92 Å². The quantitative estimate of drug-likeness (QED) is 0.520. The Labute approximate surface area is 184 Å². The summed E-state index contributed by atoms with van der Waals surface area (Å²) in [5.74, 6) is -0.959. The number of hydrogen-bond acceptors (Lipinski definition) is 7. The number of hydrogen-bond donors (Lipinski definition) is 2. The first-order chi connectivity index (χ1) is 14.7. The second-order valence-corrected chi connectivity index (χ2v) is 9.31. The molecule has 1 aliphatic rings. The zero-order chi connectivity index (χ0) is 23.0. The van der Waals surface area contributed by atoms with Crippen LogP contribution in [0.5, 0.6) is 0 Å². The van der Waals surface area contributed by atoms with Crippen LogP contribution in [0.1, 0.15) is 40.0 Å². The van der Waals surface area contributed by atoms with Crippen LogP contribution >= 0.6 is 0 Å². The van der Waals surface area contributed by atoms with Gasteiger partial charge in [0.15, 0.2) is 0 Å². The van der Waals surface area contributed by atoms with Crippen LogP contribution in [-0.4, -0.2) is 59.7 Å². The van der Waals surface area contributed by atoms with Crippen LogP contribution in [0.15, 0.2) is 23.1 Å². The Balaban J connectivity index is 2.40. The van der Waals surface area contributed by atoms with E-state index < -0.39 is 10.0 Å².